The zero-order chi connectivity index (χ0) is 16.7. The molecule has 0 saturated carbocycles. The minimum absolute atomic E-state index is 0.0736. The lowest BCUT2D eigenvalue weighted by molar-refractivity contribution is -0.116. The van der Waals surface area contributed by atoms with Crippen LogP contribution in [-0.2, 0) is 4.79 Å². The normalized spacial score (nSPS) is 12.5. The molecule has 1 heterocycles. The summed E-state index contributed by atoms with van der Waals surface area (Å²) in [5.74, 6) is 0.479. The van der Waals surface area contributed by atoms with Gasteiger partial charge in [-0.25, -0.2) is 0 Å². The summed E-state index contributed by atoms with van der Waals surface area (Å²) in [6, 6.07) is 11.1. The van der Waals surface area contributed by atoms with Gasteiger partial charge in [0.05, 0.1) is 12.2 Å². The summed E-state index contributed by atoms with van der Waals surface area (Å²) in [7, 11) is 0. The molecule has 23 heavy (non-hydrogen) atoms. The lowest BCUT2D eigenvalue weighted by Gasteiger charge is -2.14. The Balaban J connectivity index is 1.86. The first-order valence-corrected chi connectivity index (χ1v) is 8.36. The number of nitrogens with one attached hydrogen (secondary N) is 1. The van der Waals surface area contributed by atoms with Crippen LogP contribution in [0.15, 0.2) is 47.9 Å². The molecule has 4 nitrogen and oxygen atoms in total. The molecule has 1 atom stereocenters. The van der Waals surface area contributed by atoms with Crippen molar-refractivity contribution in [3.8, 4) is 5.75 Å². The first-order valence-electron chi connectivity index (χ1n) is 7.48. The number of aliphatic hydroxyl groups excluding tert-OH is 1. The van der Waals surface area contributed by atoms with Crippen molar-refractivity contribution in [2.75, 3.05) is 6.54 Å². The Labute approximate surface area is 140 Å². The van der Waals surface area contributed by atoms with Gasteiger partial charge in [0.2, 0.25) is 5.91 Å². The number of carbonyl (C=O) groups excluding carboxylic acids is 1. The standard InChI is InChI=1S/C18H21NO3S/c1-13(2)22-15-6-3-5-14(11-15)17(20)12-19-18(21)9-8-16-7-4-10-23-16/h3-11,13,17,20H,12H2,1-2H3,(H,19,21)/b9-8+. The summed E-state index contributed by atoms with van der Waals surface area (Å²) in [6.45, 7) is 4.05. The number of rotatable bonds is 7. The minimum atomic E-state index is -0.773. The van der Waals surface area contributed by atoms with Crippen molar-refractivity contribution < 1.29 is 14.6 Å². The molecule has 0 radical (unpaired) electrons. The van der Waals surface area contributed by atoms with E-state index in [1.165, 1.54) is 6.08 Å². The highest BCUT2D eigenvalue weighted by molar-refractivity contribution is 7.10. The molecule has 0 fully saturated rings. The number of benzene rings is 1. The van der Waals surface area contributed by atoms with Crippen LogP contribution in [-0.4, -0.2) is 23.7 Å². The topological polar surface area (TPSA) is 58.6 Å². The van der Waals surface area contributed by atoms with E-state index < -0.39 is 6.10 Å². The van der Waals surface area contributed by atoms with Crippen LogP contribution in [0.3, 0.4) is 0 Å². The molecule has 5 heteroatoms. The number of aliphatic hydroxyl groups is 1. The second-order valence-corrected chi connectivity index (χ2v) is 6.33. The summed E-state index contributed by atoms with van der Waals surface area (Å²) in [6.07, 6.45) is 2.52. The summed E-state index contributed by atoms with van der Waals surface area (Å²) in [5, 5.41) is 14.8. The lowest BCUT2D eigenvalue weighted by atomic mass is 10.1. The van der Waals surface area contributed by atoms with E-state index in [0.717, 1.165) is 4.88 Å². The zero-order valence-electron chi connectivity index (χ0n) is 13.2. The molecule has 1 aromatic heterocycles. The summed E-state index contributed by atoms with van der Waals surface area (Å²) >= 11 is 1.56. The molecule has 0 spiro atoms. The average Bonchev–Trinajstić information content (AvgIpc) is 3.03. The Morgan fingerprint density at radius 2 is 2.17 bits per heavy atom. The van der Waals surface area contributed by atoms with Crippen LogP contribution >= 0.6 is 11.3 Å². The molecule has 2 aromatic rings. The quantitative estimate of drug-likeness (QED) is 0.765. The molecule has 2 rings (SSSR count). The average molecular weight is 331 g/mol. The van der Waals surface area contributed by atoms with Crippen LogP contribution < -0.4 is 10.1 Å². The van der Waals surface area contributed by atoms with Gasteiger partial charge in [-0.05, 0) is 49.1 Å². The first-order chi connectivity index (χ1) is 11.0. The fourth-order valence-corrected chi connectivity index (χ4v) is 2.60. The Morgan fingerprint density at radius 3 is 2.87 bits per heavy atom. The van der Waals surface area contributed by atoms with E-state index in [-0.39, 0.29) is 18.6 Å². The van der Waals surface area contributed by atoms with Crippen LogP contribution in [0, 0.1) is 0 Å². The second kappa shape index (κ2) is 8.50. The van der Waals surface area contributed by atoms with Crippen LogP contribution in [0.4, 0.5) is 0 Å². The Bertz CT molecular complexity index is 650. The van der Waals surface area contributed by atoms with Crippen molar-refractivity contribution in [1.29, 1.82) is 0 Å². The van der Waals surface area contributed by atoms with Crippen molar-refractivity contribution in [2.45, 2.75) is 26.1 Å². The van der Waals surface area contributed by atoms with Crippen LogP contribution in [0.1, 0.15) is 30.4 Å². The maximum absolute atomic E-state index is 11.8. The van der Waals surface area contributed by atoms with Gasteiger partial charge in [-0.3, -0.25) is 4.79 Å². The van der Waals surface area contributed by atoms with Gasteiger partial charge in [-0.2, -0.15) is 0 Å². The third kappa shape index (κ3) is 5.88. The Morgan fingerprint density at radius 1 is 1.35 bits per heavy atom. The summed E-state index contributed by atoms with van der Waals surface area (Å²) < 4.78 is 5.60. The maximum atomic E-state index is 11.8. The van der Waals surface area contributed by atoms with Crippen molar-refractivity contribution in [3.63, 3.8) is 0 Å². The van der Waals surface area contributed by atoms with Gasteiger partial charge in [0, 0.05) is 17.5 Å². The van der Waals surface area contributed by atoms with Crippen LogP contribution in [0.2, 0.25) is 0 Å². The largest absolute Gasteiger partial charge is 0.491 e. The second-order valence-electron chi connectivity index (χ2n) is 5.35. The molecular weight excluding hydrogens is 310 g/mol. The fourth-order valence-electron chi connectivity index (χ4n) is 1.99. The third-order valence-corrected chi connectivity index (χ3v) is 3.86. The molecule has 1 unspecified atom stereocenters. The van der Waals surface area contributed by atoms with Gasteiger partial charge < -0.3 is 15.2 Å². The molecule has 122 valence electrons. The van der Waals surface area contributed by atoms with Crippen molar-refractivity contribution in [1.82, 2.24) is 5.32 Å². The van der Waals surface area contributed by atoms with E-state index in [2.05, 4.69) is 5.32 Å². The van der Waals surface area contributed by atoms with E-state index in [0.29, 0.717) is 11.3 Å². The van der Waals surface area contributed by atoms with E-state index in [1.54, 1.807) is 23.5 Å². The summed E-state index contributed by atoms with van der Waals surface area (Å²) in [5.41, 5.74) is 0.714. The van der Waals surface area contributed by atoms with Crippen molar-refractivity contribution >= 4 is 23.3 Å². The fraction of sp³-hybridized carbons (Fsp3) is 0.278. The van der Waals surface area contributed by atoms with E-state index >= 15 is 0 Å². The molecule has 0 aliphatic rings. The van der Waals surface area contributed by atoms with Gasteiger partial charge in [0.15, 0.2) is 0 Å². The highest BCUT2D eigenvalue weighted by atomic mass is 32.1. The van der Waals surface area contributed by atoms with Crippen LogP contribution in [0.5, 0.6) is 5.75 Å². The molecule has 1 aromatic carbocycles. The number of thiophene rings is 1. The van der Waals surface area contributed by atoms with Gasteiger partial charge in [-0.15, -0.1) is 11.3 Å². The predicted octanol–water partition coefficient (Wildman–Crippen LogP) is 3.40. The van der Waals surface area contributed by atoms with Gasteiger partial charge in [0.1, 0.15) is 5.75 Å². The number of hydrogen-bond donors (Lipinski definition) is 2. The molecule has 0 aliphatic heterocycles. The zero-order valence-corrected chi connectivity index (χ0v) is 14.0. The monoisotopic (exact) mass is 331 g/mol. The Kier molecular flexibility index (Phi) is 6.38. The van der Waals surface area contributed by atoms with E-state index in [4.69, 9.17) is 4.74 Å². The summed E-state index contributed by atoms with van der Waals surface area (Å²) in [4.78, 5) is 12.8. The number of amides is 1. The predicted molar refractivity (Wildman–Crippen MR) is 93.5 cm³/mol. The number of ether oxygens (including phenoxy) is 1. The van der Waals surface area contributed by atoms with Crippen molar-refractivity contribution in [2.24, 2.45) is 0 Å². The number of carbonyl (C=O) groups is 1. The van der Waals surface area contributed by atoms with E-state index in [9.17, 15) is 9.90 Å². The lowest BCUT2D eigenvalue weighted by Crippen LogP contribution is -2.26. The third-order valence-electron chi connectivity index (χ3n) is 3.03. The Hall–Kier alpha value is -2.11. The van der Waals surface area contributed by atoms with Crippen LogP contribution in [0.25, 0.3) is 6.08 Å². The molecule has 0 aliphatic carbocycles. The van der Waals surface area contributed by atoms with Gasteiger partial charge >= 0.3 is 0 Å². The van der Waals surface area contributed by atoms with Gasteiger partial charge in [-0.1, -0.05) is 18.2 Å². The molecule has 0 saturated heterocycles. The minimum Gasteiger partial charge on any atom is -0.491 e. The molecular formula is C18H21NO3S. The molecule has 2 N–H and O–H groups in total. The molecule has 0 bridgehead atoms. The first kappa shape index (κ1) is 17.2. The highest BCUT2D eigenvalue weighted by Crippen LogP contribution is 2.20. The van der Waals surface area contributed by atoms with Crippen molar-refractivity contribution in [3.05, 3.63) is 58.3 Å². The smallest absolute Gasteiger partial charge is 0.244 e. The highest BCUT2D eigenvalue weighted by Gasteiger charge is 2.10. The molecule has 1 amide bonds. The van der Waals surface area contributed by atoms with Gasteiger partial charge in [0.25, 0.3) is 0 Å². The van der Waals surface area contributed by atoms with E-state index in [1.807, 2.05) is 49.6 Å². The SMILES string of the molecule is CC(C)Oc1cccc(C(O)CNC(=O)/C=C/c2cccs2)c1. The number of hydrogen-bond acceptors (Lipinski definition) is 4. The maximum Gasteiger partial charge on any atom is 0.244 e.